The van der Waals surface area contributed by atoms with Gasteiger partial charge in [0, 0.05) is 19.2 Å². The van der Waals surface area contributed by atoms with Crippen LogP contribution in [0, 0.1) is 5.82 Å². The molecule has 1 aromatic rings. The molecule has 0 radical (unpaired) electrons. The van der Waals surface area contributed by atoms with Crippen molar-refractivity contribution >= 4 is 33.2 Å². The molecule has 2 rings (SSSR count). The number of hydrogen-bond acceptors (Lipinski definition) is 3. The smallest absolute Gasteiger partial charge is 0.244 e. The summed E-state index contributed by atoms with van der Waals surface area (Å²) in [5, 5.41) is 2.98. The number of benzene rings is 1. The first-order valence-electron chi connectivity index (χ1n) is 6.29. The molecule has 1 aromatic carbocycles. The van der Waals surface area contributed by atoms with Crippen LogP contribution in [0.2, 0.25) is 0 Å². The van der Waals surface area contributed by atoms with Crippen LogP contribution in [0.3, 0.4) is 0 Å². The van der Waals surface area contributed by atoms with Crippen LogP contribution < -0.4 is 11.1 Å². The maximum Gasteiger partial charge on any atom is 0.244 e. The molecule has 104 valence electrons. The molecule has 1 fully saturated rings. The first kappa shape index (κ1) is 14.1. The van der Waals surface area contributed by atoms with Gasteiger partial charge in [0.25, 0.3) is 0 Å². The third kappa shape index (κ3) is 3.18. The third-order valence-corrected chi connectivity index (χ3v) is 3.86. The molecule has 1 aliphatic rings. The van der Waals surface area contributed by atoms with Crippen molar-refractivity contribution in [1.29, 1.82) is 0 Å². The van der Waals surface area contributed by atoms with Crippen molar-refractivity contribution in [2.24, 2.45) is 0 Å². The monoisotopic (exact) mass is 329 g/mol. The van der Waals surface area contributed by atoms with Crippen molar-refractivity contribution in [2.45, 2.75) is 25.8 Å². The van der Waals surface area contributed by atoms with Gasteiger partial charge in [-0.1, -0.05) is 0 Å². The van der Waals surface area contributed by atoms with Gasteiger partial charge in [0.15, 0.2) is 0 Å². The number of rotatable bonds is 3. The van der Waals surface area contributed by atoms with Gasteiger partial charge < -0.3 is 16.0 Å². The van der Waals surface area contributed by atoms with Crippen LogP contribution in [0.15, 0.2) is 16.6 Å². The number of halogens is 2. The van der Waals surface area contributed by atoms with Gasteiger partial charge in [-0.05, 0) is 41.8 Å². The Hall–Kier alpha value is -1.30. The minimum absolute atomic E-state index is 0.0280. The first-order chi connectivity index (χ1) is 8.99. The average molecular weight is 330 g/mol. The molecule has 1 saturated heterocycles. The zero-order chi connectivity index (χ0) is 14.0. The number of nitrogen functional groups attached to an aromatic ring is 1. The Morgan fingerprint density at radius 3 is 2.74 bits per heavy atom. The molecule has 0 bridgehead atoms. The number of hydrogen-bond donors (Lipinski definition) is 2. The highest BCUT2D eigenvalue weighted by Gasteiger charge is 2.23. The second-order valence-electron chi connectivity index (χ2n) is 4.75. The summed E-state index contributed by atoms with van der Waals surface area (Å²) in [5.74, 6) is -0.377. The molecule has 1 atom stereocenters. The van der Waals surface area contributed by atoms with Crippen molar-refractivity contribution in [1.82, 2.24) is 4.90 Å². The molecule has 1 aliphatic heterocycles. The summed E-state index contributed by atoms with van der Waals surface area (Å²) in [5.41, 5.74) is 6.66. The second kappa shape index (κ2) is 5.77. The zero-order valence-electron chi connectivity index (χ0n) is 10.7. The number of nitrogens with one attached hydrogen (secondary N) is 1. The molecule has 1 amide bonds. The van der Waals surface area contributed by atoms with Crippen LogP contribution in [0.25, 0.3) is 0 Å². The van der Waals surface area contributed by atoms with Crippen molar-refractivity contribution in [3.05, 3.63) is 22.4 Å². The van der Waals surface area contributed by atoms with E-state index < -0.39 is 11.9 Å². The summed E-state index contributed by atoms with van der Waals surface area (Å²) in [4.78, 5) is 14.0. The van der Waals surface area contributed by atoms with E-state index in [2.05, 4.69) is 21.2 Å². The van der Waals surface area contributed by atoms with Gasteiger partial charge in [-0.15, -0.1) is 0 Å². The molecule has 3 N–H and O–H groups in total. The van der Waals surface area contributed by atoms with Crippen LogP contribution in [-0.4, -0.2) is 29.9 Å². The van der Waals surface area contributed by atoms with E-state index in [1.807, 2.05) is 4.90 Å². The van der Waals surface area contributed by atoms with Crippen LogP contribution in [0.5, 0.6) is 0 Å². The number of anilines is 2. The Labute approximate surface area is 120 Å². The van der Waals surface area contributed by atoms with E-state index in [0.717, 1.165) is 25.9 Å². The Morgan fingerprint density at radius 2 is 2.11 bits per heavy atom. The lowest BCUT2D eigenvalue weighted by molar-refractivity contribution is -0.130. The van der Waals surface area contributed by atoms with E-state index in [9.17, 15) is 9.18 Å². The lowest BCUT2D eigenvalue weighted by Gasteiger charge is -2.22. The summed E-state index contributed by atoms with van der Waals surface area (Å²) in [7, 11) is 0. The highest BCUT2D eigenvalue weighted by atomic mass is 79.9. The Balaban J connectivity index is 2.08. The third-order valence-electron chi connectivity index (χ3n) is 3.25. The molecule has 1 heterocycles. The minimum Gasteiger partial charge on any atom is -0.397 e. The number of nitrogens with zero attached hydrogens (tertiary/aromatic N) is 1. The quantitative estimate of drug-likeness (QED) is 0.838. The summed E-state index contributed by atoms with van der Waals surface area (Å²) < 4.78 is 13.8. The maximum atomic E-state index is 13.5. The predicted molar refractivity (Wildman–Crippen MR) is 77.4 cm³/mol. The molecule has 19 heavy (non-hydrogen) atoms. The van der Waals surface area contributed by atoms with Gasteiger partial charge in [0.2, 0.25) is 5.91 Å². The van der Waals surface area contributed by atoms with Crippen molar-refractivity contribution in [3.63, 3.8) is 0 Å². The van der Waals surface area contributed by atoms with Gasteiger partial charge in [0.1, 0.15) is 11.9 Å². The van der Waals surface area contributed by atoms with Crippen LogP contribution in [0.1, 0.15) is 19.8 Å². The Morgan fingerprint density at radius 1 is 1.47 bits per heavy atom. The van der Waals surface area contributed by atoms with Crippen molar-refractivity contribution in [2.75, 3.05) is 24.1 Å². The molecule has 0 aliphatic carbocycles. The lowest BCUT2D eigenvalue weighted by Crippen LogP contribution is -2.39. The lowest BCUT2D eigenvalue weighted by atomic mass is 10.2. The predicted octanol–water partition coefficient (Wildman–Crippen LogP) is 2.59. The highest BCUT2D eigenvalue weighted by Crippen LogP contribution is 2.27. The van der Waals surface area contributed by atoms with Crippen LogP contribution >= 0.6 is 15.9 Å². The SMILES string of the molecule is CC(Nc1cc(F)c(Br)cc1N)C(=O)N1CCCC1. The fraction of sp³-hybridized carbons (Fsp3) is 0.462. The number of carbonyl (C=O) groups is 1. The highest BCUT2D eigenvalue weighted by molar-refractivity contribution is 9.10. The molecule has 1 unspecified atom stereocenters. The van der Waals surface area contributed by atoms with Gasteiger partial charge in [-0.2, -0.15) is 0 Å². The molecule has 6 heteroatoms. The number of nitrogens with two attached hydrogens (primary N) is 1. The van der Waals surface area contributed by atoms with E-state index in [0.29, 0.717) is 15.8 Å². The molecule has 0 spiro atoms. The molecule has 0 aromatic heterocycles. The van der Waals surface area contributed by atoms with Crippen molar-refractivity contribution in [3.8, 4) is 0 Å². The standard InChI is InChI=1S/C13H17BrFN3O/c1-8(13(19)18-4-2-3-5-18)17-12-7-10(15)9(14)6-11(12)16/h6-8,17H,2-5,16H2,1H3. The molecular formula is C13H17BrFN3O. The second-order valence-corrected chi connectivity index (χ2v) is 5.61. The molecular weight excluding hydrogens is 313 g/mol. The largest absolute Gasteiger partial charge is 0.397 e. The van der Waals surface area contributed by atoms with E-state index in [1.54, 1.807) is 6.92 Å². The summed E-state index contributed by atoms with van der Waals surface area (Å²) in [6, 6.07) is 2.37. The first-order valence-corrected chi connectivity index (χ1v) is 7.08. The van der Waals surface area contributed by atoms with Gasteiger partial charge in [-0.3, -0.25) is 4.79 Å². The Kier molecular flexibility index (Phi) is 4.29. The maximum absolute atomic E-state index is 13.5. The van der Waals surface area contributed by atoms with Crippen LogP contribution in [0.4, 0.5) is 15.8 Å². The number of likely N-dealkylation sites (tertiary alicyclic amines) is 1. The summed E-state index contributed by atoms with van der Waals surface area (Å²) in [6.45, 7) is 3.37. The average Bonchev–Trinajstić information content (AvgIpc) is 2.88. The normalized spacial score (nSPS) is 16.5. The summed E-state index contributed by atoms with van der Waals surface area (Å²) >= 11 is 3.07. The van der Waals surface area contributed by atoms with Crippen molar-refractivity contribution < 1.29 is 9.18 Å². The molecule has 0 saturated carbocycles. The molecule has 4 nitrogen and oxygen atoms in total. The zero-order valence-corrected chi connectivity index (χ0v) is 12.3. The van der Waals surface area contributed by atoms with E-state index >= 15 is 0 Å². The number of carbonyl (C=O) groups excluding carboxylic acids is 1. The fourth-order valence-electron chi connectivity index (χ4n) is 2.19. The summed E-state index contributed by atoms with van der Waals surface area (Å²) in [6.07, 6.45) is 2.10. The van der Waals surface area contributed by atoms with Gasteiger partial charge in [-0.25, -0.2) is 4.39 Å². The fourth-order valence-corrected chi connectivity index (χ4v) is 2.55. The van der Waals surface area contributed by atoms with Gasteiger partial charge in [0.05, 0.1) is 15.8 Å². The van der Waals surface area contributed by atoms with Crippen LogP contribution in [-0.2, 0) is 4.79 Å². The van der Waals surface area contributed by atoms with E-state index in [-0.39, 0.29) is 5.91 Å². The minimum atomic E-state index is -0.416. The topological polar surface area (TPSA) is 58.4 Å². The van der Waals surface area contributed by atoms with Gasteiger partial charge >= 0.3 is 0 Å². The van der Waals surface area contributed by atoms with E-state index in [4.69, 9.17) is 5.73 Å². The van der Waals surface area contributed by atoms with E-state index in [1.165, 1.54) is 12.1 Å². The number of amides is 1. The Bertz CT molecular complexity index is 489.